The van der Waals surface area contributed by atoms with E-state index in [1.165, 1.54) is 4.88 Å². The second-order valence-electron chi connectivity index (χ2n) is 4.88. The second-order valence-corrected chi connectivity index (χ2v) is 7.43. The third-order valence-corrected chi connectivity index (χ3v) is 5.28. The van der Waals surface area contributed by atoms with E-state index in [0.717, 1.165) is 10.2 Å². The Bertz CT molecular complexity index is 503. The maximum atomic E-state index is 12.4. The van der Waals surface area contributed by atoms with Gasteiger partial charge in [-0.25, -0.2) is 0 Å². The smallest absolute Gasteiger partial charge is 0.245 e. The maximum absolute atomic E-state index is 12.4. The van der Waals surface area contributed by atoms with Crippen LogP contribution >= 0.6 is 27.3 Å². The summed E-state index contributed by atoms with van der Waals surface area (Å²) in [5, 5.41) is 2.81. The van der Waals surface area contributed by atoms with E-state index in [9.17, 15) is 9.59 Å². The first-order valence-electron chi connectivity index (χ1n) is 6.91. The summed E-state index contributed by atoms with van der Waals surface area (Å²) in [6.07, 6.45) is 2.09. The summed E-state index contributed by atoms with van der Waals surface area (Å²) >= 11 is 5.11. The van der Waals surface area contributed by atoms with Crippen LogP contribution in [0.5, 0.6) is 0 Å². The monoisotopic (exact) mass is 358 g/mol. The Kier molecular flexibility index (Phi) is 5.21. The molecule has 0 saturated carbocycles. The lowest BCUT2D eigenvalue weighted by Crippen LogP contribution is -2.63. The molecule has 0 radical (unpaired) electrons. The number of halogens is 1. The fraction of sp³-hybridized carbons (Fsp3) is 0.571. The van der Waals surface area contributed by atoms with E-state index >= 15 is 0 Å². The third-order valence-electron chi connectivity index (χ3n) is 3.60. The van der Waals surface area contributed by atoms with Crippen molar-refractivity contribution in [2.45, 2.75) is 45.2 Å². The summed E-state index contributed by atoms with van der Waals surface area (Å²) in [5.74, 6) is 0.0286. The van der Waals surface area contributed by atoms with Crippen LogP contribution in [-0.4, -0.2) is 35.3 Å². The standard InChI is InChI=1S/C14H19BrN2O2S/c1-3-10-14(19)17(11(4-2)13(18)16-10)8-7-9-5-6-12(15)20-9/h5-6,10-11H,3-4,7-8H2,1-2H3,(H,16,18). The van der Waals surface area contributed by atoms with Gasteiger partial charge in [0.1, 0.15) is 12.1 Å². The molecule has 2 rings (SSSR count). The molecule has 1 N–H and O–H groups in total. The van der Waals surface area contributed by atoms with E-state index < -0.39 is 0 Å². The van der Waals surface area contributed by atoms with Crippen LogP contribution in [0.25, 0.3) is 0 Å². The van der Waals surface area contributed by atoms with Gasteiger partial charge in [-0.1, -0.05) is 13.8 Å². The molecule has 1 fully saturated rings. The van der Waals surface area contributed by atoms with Crippen LogP contribution in [0, 0.1) is 0 Å². The van der Waals surface area contributed by atoms with E-state index in [0.29, 0.717) is 19.4 Å². The van der Waals surface area contributed by atoms with E-state index in [-0.39, 0.29) is 23.9 Å². The number of hydrogen-bond donors (Lipinski definition) is 1. The summed E-state index contributed by atoms with van der Waals surface area (Å²) < 4.78 is 1.09. The molecule has 6 heteroatoms. The first-order valence-corrected chi connectivity index (χ1v) is 8.52. The van der Waals surface area contributed by atoms with Crippen LogP contribution < -0.4 is 5.32 Å². The molecule has 2 heterocycles. The number of carbonyl (C=O) groups is 2. The molecule has 1 aliphatic rings. The summed E-state index contributed by atoms with van der Waals surface area (Å²) in [6.45, 7) is 4.47. The summed E-state index contributed by atoms with van der Waals surface area (Å²) in [6, 6.07) is 3.38. The number of rotatable bonds is 5. The molecule has 1 saturated heterocycles. The highest BCUT2D eigenvalue weighted by atomic mass is 79.9. The Morgan fingerprint density at radius 2 is 2.05 bits per heavy atom. The number of piperazine rings is 1. The van der Waals surface area contributed by atoms with Gasteiger partial charge >= 0.3 is 0 Å². The van der Waals surface area contributed by atoms with Crippen LogP contribution in [0.1, 0.15) is 31.6 Å². The van der Waals surface area contributed by atoms with Crippen molar-refractivity contribution >= 4 is 39.1 Å². The number of hydrogen-bond acceptors (Lipinski definition) is 3. The SMILES string of the molecule is CCC1NC(=O)C(CC)N(CCc2ccc(Br)s2)C1=O. The van der Waals surface area contributed by atoms with Crippen molar-refractivity contribution in [3.63, 3.8) is 0 Å². The highest BCUT2D eigenvalue weighted by molar-refractivity contribution is 9.11. The molecular formula is C14H19BrN2O2S. The molecule has 2 unspecified atom stereocenters. The molecule has 0 bridgehead atoms. The number of nitrogens with zero attached hydrogens (tertiary/aromatic N) is 1. The minimum absolute atomic E-state index is 0.0219. The highest BCUT2D eigenvalue weighted by Crippen LogP contribution is 2.23. The number of amides is 2. The zero-order valence-electron chi connectivity index (χ0n) is 11.7. The van der Waals surface area contributed by atoms with Crippen molar-refractivity contribution in [2.75, 3.05) is 6.54 Å². The van der Waals surface area contributed by atoms with Gasteiger partial charge in [0.25, 0.3) is 0 Å². The molecule has 1 aromatic rings. The predicted octanol–water partition coefficient (Wildman–Crippen LogP) is 2.57. The largest absolute Gasteiger partial charge is 0.343 e. The Morgan fingerprint density at radius 3 is 2.60 bits per heavy atom. The fourth-order valence-electron chi connectivity index (χ4n) is 2.49. The Labute approximate surface area is 131 Å². The van der Waals surface area contributed by atoms with Crippen molar-refractivity contribution in [3.05, 3.63) is 20.8 Å². The lowest BCUT2D eigenvalue weighted by Gasteiger charge is -2.38. The molecule has 4 nitrogen and oxygen atoms in total. The first kappa shape index (κ1) is 15.5. The van der Waals surface area contributed by atoms with Crippen molar-refractivity contribution < 1.29 is 9.59 Å². The fourth-order valence-corrected chi connectivity index (χ4v) is 3.96. The minimum atomic E-state index is -0.361. The van der Waals surface area contributed by atoms with Crippen molar-refractivity contribution in [1.29, 1.82) is 0 Å². The second kappa shape index (κ2) is 6.72. The summed E-state index contributed by atoms with van der Waals surface area (Å²) in [7, 11) is 0. The number of thiophene rings is 1. The van der Waals surface area contributed by atoms with E-state index in [2.05, 4.69) is 27.3 Å². The van der Waals surface area contributed by atoms with E-state index in [4.69, 9.17) is 0 Å². The van der Waals surface area contributed by atoms with Gasteiger partial charge in [-0.05, 0) is 47.3 Å². The molecule has 0 aliphatic carbocycles. The van der Waals surface area contributed by atoms with Crippen LogP contribution in [0.3, 0.4) is 0 Å². The summed E-state index contributed by atoms with van der Waals surface area (Å²) in [4.78, 5) is 27.4. The van der Waals surface area contributed by atoms with Gasteiger partial charge in [-0.3, -0.25) is 9.59 Å². The lowest BCUT2D eigenvalue weighted by atomic mass is 10.0. The maximum Gasteiger partial charge on any atom is 0.245 e. The van der Waals surface area contributed by atoms with Crippen LogP contribution in [-0.2, 0) is 16.0 Å². The highest BCUT2D eigenvalue weighted by Gasteiger charge is 2.38. The van der Waals surface area contributed by atoms with Crippen molar-refractivity contribution in [3.8, 4) is 0 Å². The van der Waals surface area contributed by atoms with Crippen molar-refractivity contribution in [1.82, 2.24) is 10.2 Å². The molecular weight excluding hydrogens is 340 g/mol. The van der Waals surface area contributed by atoms with Gasteiger partial charge in [-0.15, -0.1) is 11.3 Å². The van der Waals surface area contributed by atoms with Gasteiger partial charge in [0.15, 0.2) is 0 Å². The third kappa shape index (κ3) is 3.23. The number of carbonyl (C=O) groups excluding carboxylic acids is 2. The number of nitrogens with one attached hydrogen (secondary N) is 1. The molecule has 20 heavy (non-hydrogen) atoms. The molecule has 2 amide bonds. The van der Waals surface area contributed by atoms with E-state index in [1.54, 1.807) is 16.2 Å². The first-order chi connectivity index (χ1) is 9.56. The molecule has 0 aromatic carbocycles. The van der Waals surface area contributed by atoms with Gasteiger partial charge < -0.3 is 10.2 Å². The molecule has 1 aliphatic heterocycles. The molecule has 110 valence electrons. The topological polar surface area (TPSA) is 49.4 Å². The Morgan fingerprint density at radius 1 is 1.30 bits per heavy atom. The van der Waals surface area contributed by atoms with Crippen molar-refractivity contribution in [2.24, 2.45) is 0 Å². The van der Waals surface area contributed by atoms with Crippen LogP contribution in [0.4, 0.5) is 0 Å². The predicted molar refractivity (Wildman–Crippen MR) is 83.7 cm³/mol. The zero-order chi connectivity index (χ0) is 14.7. The average Bonchev–Trinajstić information content (AvgIpc) is 2.84. The van der Waals surface area contributed by atoms with Gasteiger partial charge in [0, 0.05) is 11.4 Å². The van der Waals surface area contributed by atoms with Gasteiger partial charge in [0.05, 0.1) is 3.79 Å². The molecule has 2 atom stereocenters. The Hall–Kier alpha value is -0.880. The quantitative estimate of drug-likeness (QED) is 0.879. The minimum Gasteiger partial charge on any atom is -0.343 e. The van der Waals surface area contributed by atoms with E-state index in [1.807, 2.05) is 19.9 Å². The average molecular weight is 359 g/mol. The molecule has 1 aromatic heterocycles. The van der Waals surface area contributed by atoms with Gasteiger partial charge in [-0.2, -0.15) is 0 Å². The van der Waals surface area contributed by atoms with Crippen LogP contribution in [0.2, 0.25) is 0 Å². The normalized spacial score (nSPS) is 23.1. The van der Waals surface area contributed by atoms with Crippen LogP contribution in [0.15, 0.2) is 15.9 Å². The lowest BCUT2D eigenvalue weighted by molar-refractivity contribution is -0.149. The van der Waals surface area contributed by atoms with Gasteiger partial charge in [0.2, 0.25) is 11.8 Å². The molecule has 0 spiro atoms. The zero-order valence-corrected chi connectivity index (χ0v) is 14.1. The Balaban J connectivity index is 2.08. The summed E-state index contributed by atoms with van der Waals surface area (Å²) in [5.41, 5.74) is 0.